The third-order valence-electron chi connectivity index (χ3n) is 6.80. The Morgan fingerprint density at radius 1 is 1.05 bits per heavy atom. The van der Waals surface area contributed by atoms with Crippen LogP contribution in [0.4, 0.5) is 23.4 Å². The number of alkyl halides is 3. The number of carbonyl (C=O) groups is 1. The van der Waals surface area contributed by atoms with Crippen molar-refractivity contribution < 1.29 is 40.6 Å². The summed E-state index contributed by atoms with van der Waals surface area (Å²) in [6.45, 7) is 2.96. The molecule has 1 N–H and O–H groups in total. The number of aromatic nitrogens is 1. The Bertz CT molecular complexity index is 1710. The Morgan fingerprint density at radius 2 is 1.71 bits per heavy atom. The van der Waals surface area contributed by atoms with Gasteiger partial charge in [0.05, 0.1) is 17.0 Å². The lowest BCUT2D eigenvalue weighted by atomic mass is 9.93. The van der Waals surface area contributed by atoms with E-state index in [1.807, 2.05) is 0 Å². The number of aryl methyl sites for hydroxylation is 1. The van der Waals surface area contributed by atoms with Gasteiger partial charge < -0.3 is 9.84 Å². The summed E-state index contributed by atoms with van der Waals surface area (Å²) >= 11 is 0. The number of fused-ring (bicyclic) bond motifs is 1. The molecular formula is C29H26F4N2O5S. The fourth-order valence-electron chi connectivity index (χ4n) is 4.53. The lowest BCUT2D eigenvalue weighted by Gasteiger charge is -2.32. The van der Waals surface area contributed by atoms with Gasteiger partial charge in [0.15, 0.2) is 5.60 Å². The highest BCUT2D eigenvalue weighted by Crippen LogP contribution is 2.43. The van der Waals surface area contributed by atoms with Crippen molar-refractivity contribution in [1.29, 1.82) is 0 Å². The zero-order chi connectivity index (χ0) is 30.2. The number of carboxylic acid groups (broad SMARTS) is 1. The van der Waals surface area contributed by atoms with E-state index in [0.717, 1.165) is 53.0 Å². The van der Waals surface area contributed by atoms with Crippen molar-refractivity contribution in [3.8, 4) is 0 Å². The normalized spacial score (nSPS) is 13.6. The second-order valence-corrected chi connectivity index (χ2v) is 11.3. The van der Waals surface area contributed by atoms with E-state index < -0.39 is 45.7 Å². The van der Waals surface area contributed by atoms with Crippen LogP contribution in [0.15, 0.2) is 77.8 Å². The van der Waals surface area contributed by atoms with Crippen LogP contribution in [0.3, 0.4) is 0 Å². The predicted octanol–water partition coefficient (Wildman–Crippen LogP) is 6.59. The van der Waals surface area contributed by atoms with Crippen LogP contribution in [0, 0.1) is 12.7 Å². The van der Waals surface area contributed by atoms with Gasteiger partial charge in [0.2, 0.25) is 0 Å². The highest BCUT2D eigenvalue weighted by Gasteiger charge is 2.54. The molecule has 0 bridgehead atoms. The average Bonchev–Trinajstić information content (AvgIpc) is 2.92. The van der Waals surface area contributed by atoms with E-state index in [2.05, 4.69) is 4.98 Å². The van der Waals surface area contributed by atoms with Crippen molar-refractivity contribution in [1.82, 2.24) is 4.98 Å². The molecule has 7 nitrogen and oxygen atoms in total. The summed E-state index contributed by atoms with van der Waals surface area (Å²) in [6.07, 6.45) is -3.44. The summed E-state index contributed by atoms with van der Waals surface area (Å²) in [5.74, 6) is -2.45. The number of carboxylic acids is 1. The Hall–Kier alpha value is -4.03. The maximum Gasteiger partial charge on any atom is 0.421 e. The van der Waals surface area contributed by atoms with Gasteiger partial charge in [-0.25, -0.2) is 26.9 Å². The molecule has 0 saturated carbocycles. The van der Waals surface area contributed by atoms with Gasteiger partial charge in [0.1, 0.15) is 11.6 Å². The van der Waals surface area contributed by atoms with Crippen LogP contribution in [0.25, 0.3) is 10.8 Å². The SMILES string of the molecule is CCOC(C)(c1ccc(CN(c2ncc3ccccc3c2C)S(=O)(=O)c2ccc(C(=O)O)cc2)cc1F)C(F)(F)F. The lowest BCUT2D eigenvalue weighted by Crippen LogP contribution is -2.43. The van der Waals surface area contributed by atoms with Crippen molar-refractivity contribution in [2.24, 2.45) is 0 Å². The number of aromatic carboxylic acids is 1. The first-order chi connectivity index (χ1) is 19.2. The number of nitrogens with zero attached hydrogens (tertiary/aromatic N) is 2. The second-order valence-electron chi connectivity index (χ2n) is 9.41. The molecule has 0 amide bonds. The van der Waals surface area contributed by atoms with Crippen molar-refractivity contribution in [3.63, 3.8) is 0 Å². The Kier molecular flexibility index (Phi) is 8.10. The number of rotatable bonds is 9. The number of ether oxygens (including phenoxy) is 1. The van der Waals surface area contributed by atoms with E-state index in [1.165, 1.54) is 19.2 Å². The maximum atomic E-state index is 15.3. The van der Waals surface area contributed by atoms with E-state index in [1.54, 1.807) is 31.2 Å². The van der Waals surface area contributed by atoms with Gasteiger partial charge in [-0.1, -0.05) is 36.4 Å². The molecule has 12 heteroatoms. The standard InChI is InChI=1S/C29H26F4N2O5S/c1-4-40-28(3,29(31,32)33)24-14-9-19(15-25(24)30)17-35(26-18(2)23-8-6-5-7-21(23)16-34-26)41(38,39)22-12-10-20(11-13-22)27(36)37/h5-16H,4,17H2,1-3H3,(H,36,37). The zero-order valence-electron chi connectivity index (χ0n) is 22.2. The van der Waals surface area contributed by atoms with E-state index in [-0.39, 0.29) is 28.4 Å². The smallest absolute Gasteiger partial charge is 0.421 e. The van der Waals surface area contributed by atoms with Gasteiger partial charge in [-0.05, 0) is 62.1 Å². The monoisotopic (exact) mass is 590 g/mol. The van der Waals surface area contributed by atoms with Gasteiger partial charge in [-0.3, -0.25) is 0 Å². The van der Waals surface area contributed by atoms with E-state index >= 15 is 4.39 Å². The zero-order valence-corrected chi connectivity index (χ0v) is 23.1. The molecule has 0 fully saturated rings. The van der Waals surface area contributed by atoms with Gasteiger partial charge in [-0.2, -0.15) is 13.2 Å². The maximum absolute atomic E-state index is 15.3. The van der Waals surface area contributed by atoms with Crippen LogP contribution in [-0.4, -0.2) is 37.3 Å². The minimum absolute atomic E-state index is 0.0185. The fraction of sp³-hybridized carbons (Fsp3) is 0.241. The van der Waals surface area contributed by atoms with E-state index in [9.17, 15) is 31.5 Å². The summed E-state index contributed by atoms with van der Waals surface area (Å²) < 4.78 is 90.5. The second kappa shape index (κ2) is 11.1. The number of hydrogen-bond acceptors (Lipinski definition) is 5. The summed E-state index contributed by atoms with van der Waals surface area (Å²) in [7, 11) is -4.42. The van der Waals surface area contributed by atoms with E-state index in [0.29, 0.717) is 10.9 Å². The number of sulfonamides is 1. The molecule has 0 spiro atoms. The van der Waals surface area contributed by atoms with Gasteiger partial charge in [0, 0.05) is 29.3 Å². The number of pyridine rings is 1. The van der Waals surface area contributed by atoms with Crippen molar-refractivity contribution in [3.05, 3.63) is 101 Å². The average molecular weight is 591 g/mol. The first-order valence-electron chi connectivity index (χ1n) is 12.4. The summed E-state index contributed by atoms with van der Waals surface area (Å²) in [4.78, 5) is 15.4. The minimum Gasteiger partial charge on any atom is -0.478 e. The number of halogens is 4. The largest absolute Gasteiger partial charge is 0.478 e. The van der Waals surface area contributed by atoms with Crippen LogP contribution in [-0.2, 0) is 26.9 Å². The highest BCUT2D eigenvalue weighted by atomic mass is 32.2. The number of benzene rings is 3. The highest BCUT2D eigenvalue weighted by molar-refractivity contribution is 7.92. The van der Waals surface area contributed by atoms with Crippen molar-refractivity contribution in [2.75, 3.05) is 10.9 Å². The van der Waals surface area contributed by atoms with Crippen LogP contribution < -0.4 is 4.31 Å². The molecule has 0 aliphatic heterocycles. The molecule has 1 atom stereocenters. The van der Waals surface area contributed by atoms with Crippen LogP contribution in [0.2, 0.25) is 0 Å². The van der Waals surface area contributed by atoms with Crippen LogP contribution in [0.1, 0.15) is 40.9 Å². The Balaban J connectivity index is 1.85. The molecule has 0 aliphatic rings. The molecule has 41 heavy (non-hydrogen) atoms. The Morgan fingerprint density at radius 3 is 2.29 bits per heavy atom. The molecule has 1 heterocycles. The molecule has 0 radical (unpaired) electrons. The molecule has 4 aromatic rings. The third-order valence-corrected chi connectivity index (χ3v) is 8.55. The van der Waals surface area contributed by atoms with Crippen molar-refractivity contribution in [2.45, 2.75) is 44.0 Å². The Labute approximate surface area is 234 Å². The third kappa shape index (κ3) is 5.62. The first-order valence-corrected chi connectivity index (χ1v) is 13.8. The molecule has 1 aromatic heterocycles. The van der Waals surface area contributed by atoms with Crippen LogP contribution >= 0.6 is 0 Å². The number of hydrogen-bond donors (Lipinski definition) is 1. The number of anilines is 1. The quantitative estimate of drug-likeness (QED) is 0.221. The molecule has 0 saturated heterocycles. The first kappa shape index (κ1) is 29.9. The van der Waals surface area contributed by atoms with E-state index in [4.69, 9.17) is 4.74 Å². The van der Waals surface area contributed by atoms with Crippen molar-refractivity contribution >= 4 is 32.6 Å². The topological polar surface area (TPSA) is 96.8 Å². The molecule has 1 unspecified atom stereocenters. The molecule has 216 valence electrons. The van der Waals surface area contributed by atoms with Crippen LogP contribution in [0.5, 0.6) is 0 Å². The molecular weight excluding hydrogens is 564 g/mol. The predicted molar refractivity (Wildman–Crippen MR) is 145 cm³/mol. The molecule has 3 aromatic carbocycles. The minimum atomic E-state index is -4.92. The molecule has 0 aliphatic carbocycles. The molecule has 4 rings (SSSR count). The van der Waals surface area contributed by atoms with Gasteiger partial charge in [0.25, 0.3) is 10.0 Å². The fourth-order valence-corrected chi connectivity index (χ4v) is 6.00. The summed E-state index contributed by atoms with van der Waals surface area (Å²) in [5, 5.41) is 10.7. The lowest BCUT2D eigenvalue weighted by molar-refractivity contribution is -0.277. The van der Waals surface area contributed by atoms with Gasteiger partial charge in [-0.15, -0.1) is 0 Å². The summed E-state index contributed by atoms with van der Waals surface area (Å²) in [5.41, 5.74) is -3.25. The van der Waals surface area contributed by atoms with Gasteiger partial charge >= 0.3 is 12.1 Å². The summed E-state index contributed by atoms with van der Waals surface area (Å²) in [6, 6.07) is 14.6.